The van der Waals surface area contributed by atoms with Crippen molar-refractivity contribution in [1.82, 2.24) is 19.6 Å². The Bertz CT molecular complexity index is 1140. The van der Waals surface area contributed by atoms with Crippen molar-refractivity contribution in [3.63, 3.8) is 0 Å². The van der Waals surface area contributed by atoms with E-state index in [4.69, 9.17) is 10.7 Å². The minimum absolute atomic E-state index is 0.654. The number of hydrogen-bond acceptors (Lipinski definition) is 4. The van der Waals surface area contributed by atoms with Gasteiger partial charge in [0.1, 0.15) is 5.65 Å². The Balaban J connectivity index is 1.55. The van der Waals surface area contributed by atoms with Crippen LogP contribution in [0.5, 0.6) is 0 Å². The third kappa shape index (κ3) is 4.26. The van der Waals surface area contributed by atoms with Crippen molar-refractivity contribution in [3.05, 3.63) is 84.2 Å². The van der Waals surface area contributed by atoms with Gasteiger partial charge in [-0.3, -0.25) is 4.90 Å². The molecule has 3 heterocycles. The van der Waals surface area contributed by atoms with Crippen molar-refractivity contribution in [2.45, 2.75) is 13.0 Å². The van der Waals surface area contributed by atoms with E-state index in [-0.39, 0.29) is 0 Å². The van der Waals surface area contributed by atoms with Crippen molar-refractivity contribution >= 4 is 5.65 Å². The van der Waals surface area contributed by atoms with Crippen LogP contribution in [0.1, 0.15) is 11.3 Å². The Morgan fingerprint density at radius 3 is 2.29 bits per heavy atom. The van der Waals surface area contributed by atoms with Gasteiger partial charge in [0.25, 0.3) is 0 Å². The highest BCUT2D eigenvalue weighted by Crippen LogP contribution is 2.29. The summed E-state index contributed by atoms with van der Waals surface area (Å²) in [7, 11) is 0. The lowest BCUT2D eigenvalue weighted by atomic mass is 10.0. The van der Waals surface area contributed by atoms with Gasteiger partial charge in [0.2, 0.25) is 0 Å². The third-order valence-corrected chi connectivity index (χ3v) is 6.06. The summed E-state index contributed by atoms with van der Waals surface area (Å²) in [5.41, 5.74) is 14.0. The molecule has 158 valence electrons. The molecule has 1 fully saturated rings. The zero-order valence-corrected chi connectivity index (χ0v) is 17.8. The van der Waals surface area contributed by atoms with Crippen molar-refractivity contribution in [2.24, 2.45) is 5.73 Å². The first-order valence-corrected chi connectivity index (χ1v) is 11.1. The summed E-state index contributed by atoms with van der Waals surface area (Å²) >= 11 is 0. The van der Waals surface area contributed by atoms with Gasteiger partial charge in [-0.25, -0.2) is 4.98 Å². The number of imidazole rings is 1. The number of piperazine rings is 1. The predicted octanol–water partition coefficient (Wildman–Crippen LogP) is 3.57. The van der Waals surface area contributed by atoms with Gasteiger partial charge in [-0.1, -0.05) is 60.7 Å². The number of pyridine rings is 1. The zero-order chi connectivity index (χ0) is 21.0. The van der Waals surface area contributed by atoms with E-state index in [1.165, 1.54) is 22.4 Å². The fraction of sp³-hybridized carbons (Fsp3) is 0.269. The fourth-order valence-corrected chi connectivity index (χ4v) is 4.37. The molecule has 0 radical (unpaired) electrons. The number of rotatable bonds is 6. The van der Waals surface area contributed by atoms with Gasteiger partial charge < -0.3 is 15.5 Å². The normalized spacial score (nSPS) is 14.9. The molecule has 0 amide bonds. The second-order valence-corrected chi connectivity index (χ2v) is 8.18. The number of nitrogens with two attached hydrogens (primary N) is 1. The van der Waals surface area contributed by atoms with Crippen molar-refractivity contribution in [3.8, 4) is 22.4 Å². The summed E-state index contributed by atoms with van der Waals surface area (Å²) in [5.74, 6) is 0. The topological polar surface area (TPSA) is 58.6 Å². The Labute approximate surface area is 183 Å². The van der Waals surface area contributed by atoms with Gasteiger partial charge in [0.15, 0.2) is 0 Å². The van der Waals surface area contributed by atoms with Gasteiger partial charge >= 0.3 is 0 Å². The molecule has 0 atom stereocenters. The van der Waals surface area contributed by atoms with Gasteiger partial charge in [-0.2, -0.15) is 0 Å². The smallest absolute Gasteiger partial charge is 0.137 e. The van der Waals surface area contributed by atoms with Gasteiger partial charge in [-0.15, -0.1) is 0 Å². The molecular formula is C26H29N5. The highest BCUT2D eigenvalue weighted by molar-refractivity contribution is 5.71. The molecule has 1 saturated heterocycles. The molecule has 0 unspecified atom stereocenters. The molecule has 0 bridgehead atoms. The Kier molecular flexibility index (Phi) is 5.80. The molecule has 2 aromatic carbocycles. The molecule has 0 aliphatic carbocycles. The summed E-state index contributed by atoms with van der Waals surface area (Å²) in [6.07, 6.45) is 3.09. The molecule has 1 aliphatic rings. The maximum Gasteiger partial charge on any atom is 0.137 e. The Hall–Kier alpha value is -2.99. The highest BCUT2D eigenvalue weighted by Gasteiger charge is 2.19. The van der Waals surface area contributed by atoms with Gasteiger partial charge in [0, 0.05) is 44.5 Å². The summed E-state index contributed by atoms with van der Waals surface area (Å²) in [6.45, 7) is 5.74. The molecule has 5 nitrogen and oxygen atoms in total. The molecule has 3 N–H and O–H groups in total. The van der Waals surface area contributed by atoms with Crippen LogP contribution >= 0.6 is 0 Å². The SMILES string of the molecule is NCCc1ccc2nc(-c3ccc(-c4ccccc4)cc3)c(CN3CCNCC3)n2c1. The van der Waals surface area contributed by atoms with Crippen LogP contribution in [0.2, 0.25) is 0 Å². The first-order chi connectivity index (χ1) is 15.3. The minimum atomic E-state index is 0.654. The number of nitrogens with one attached hydrogen (secondary N) is 1. The third-order valence-electron chi connectivity index (χ3n) is 6.06. The molecular weight excluding hydrogens is 382 g/mol. The number of fused-ring (bicyclic) bond motifs is 1. The lowest BCUT2D eigenvalue weighted by Crippen LogP contribution is -2.43. The van der Waals surface area contributed by atoms with E-state index in [0.717, 1.165) is 56.0 Å². The van der Waals surface area contributed by atoms with Crippen LogP contribution in [0.15, 0.2) is 72.9 Å². The monoisotopic (exact) mass is 411 g/mol. The van der Waals surface area contributed by atoms with Crippen LogP contribution in [0.3, 0.4) is 0 Å². The first-order valence-electron chi connectivity index (χ1n) is 11.1. The standard InChI is InChI=1S/C26H29N5/c27-13-12-20-6-11-25-29-26(24(31(25)18-20)19-30-16-14-28-15-17-30)23-9-7-22(8-10-23)21-4-2-1-3-5-21/h1-11,18,28H,12-17,19,27H2. The summed E-state index contributed by atoms with van der Waals surface area (Å²) in [6, 6.07) is 23.6. The molecule has 0 saturated carbocycles. The van der Waals surface area contributed by atoms with Gasteiger partial charge in [0.05, 0.1) is 11.4 Å². The lowest BCUT2D eigenvalue weighted by molar-refractivity contribution is 0.230. The Morgan fingerprint density at radius 2 is 1.55 bits per heavy atom. The van der Waals surface area contributed by atoms with E-state index in [9.17, 15) is 0 Å². The minimum Gasteiger partial charge on any atom is -0.330 e. The average molecular weight is 412 g/mol. The van der Waals surface area contributed by atoms with E-state index >= 15 is 0 Å². The van der Waals surface area contributed by atoms with E-state index in [1.807, 2.05) is 0 Å². The molecule has 4 aromatic rings. The summed E-state index contributed by atoms with van der Waals surface area (Å²) in [5, 5.41) is 3.45. The van der Waals surface area contributed by atoms with Crippen LogP contribution in [-0.2, 0) is 13.0 Å². The zero-order valence-electron chi connectivity index (χ0n) is 17.8. The maximum absolute atomic E-state index is 5.81. The van der Waals surface area contributed by atoms with Crippen LogP contribution in [-0.4, -0.2) is 47.0 Å². The molecule has 2 aromatic heterocycles. The highest BCUT2D eigenvalue weighted by atomic mass is 15.2. The average Bonchev–Trinajstić information content (AvgIpc) is 3.18. The molecule has 5 heteroatoms. The van der Waals surface area contributed by atoms with Crippen molar-refractivity contribution in [2.75, 3.05) is 32.7 Å². The molecule has 1 aliphatic heterocycles. The van der Waals surface area contributed by atoms with E-state index in [2.05, 4.69) is 87.5 Å². The Morgan fingerprint density at radius 1 is 0.839 bits per heavy atom. The van der Waals surface area contributed by atoms with Crippen LogP contribution in [0, 0.1) is 0 Å². The van der Waals surface area contributed by atoms with E-state index < -0.39 is 0 Å². The molecule has 31 heavy (non-hydrogen) atoms. The van der Waals surface area contributed by atoms with E-state index in [0.29, 0.717) is 6.54 Å². The van der Waals surface area contributed by atoms with Crippen LogP contribution < -0.4 is 11.1 Å². The molecule has 0 spiro atoms. The van der Waals surface area contributed by atoms with Crippen LogP contribution in [0.25, 0.3) is 28.0 Å². The summed E-state index contributed by atoms with van der Waals surface area (Å²) < 4.78 is 2.27. The molecule has 5 rings (SSSR count). The van der Waals surface area contributed by atoms with Crippen molar-refractivity contribution < 1.29 is 0 Å². The predicted molar refractivity (Wildman–Crippen MR) is 127 cm³/mol. The van der Waals surface area contributed by atoms with Gasteiger partial charge in [-0.05, 0) is 35.7 Å². The fourth-order valence-electron chi connectivity index (χ4n) is 4.37. The van der Waals surface area contributed by atoms with Crippen LogP contribution in [0.4, 0.5) is 0 Å². The first kappa shape index (κ1) is 19.9. The lowest BCUT2D eigenvalue weighted by Gasteiger charge is -2.27. The number of aromatic nitrogens is 2. The largest absolute Gasteiger partial charge is 0.330 e. The summed E-state index contributed by atoms with van der Waals surface area (Å²) in [4.78, 5) is 7.55. The van der Waals surface area contributed by atoms with Crippen molar-refractivity contribution in [1.29, 1.82) is 0 Å². The maximum atomic E-state index is 5.81. The van der Waals surface area contributed by atoms with E-state index in [1.54, 1.807) is 0 Å². The second-order valence-electron chi connectivity index (χ2n) is 8.18. The number of hydrogen-bond donors (Lipinski definition) is 2. The number of benzene rings is 2. The second kappa shape index (κ2) is 9.02. The number of nitrogens with zero attached hydrogens (tertiary/aromatic N) is 3. The quantitative estimate of drug-likeness (QED) is 0.509.